The molecule has 0 spiro atoms. The van der Waals surface area contributed by atoms with E-state index < -0.39 is 6.71 Å². The quantitative estimate of drug-likeness (QED) is 0.366. The smallest absolute Gasteiger partial charge is 0.106 e. The minimum absolute atomic E-state index is 0.428. The molecule has 0 aromatic carbocycles. The third-order valence-corrected chi connectivity index (χ3v) is 0.981. The van der Waals surface area contributed by atoms with Gasteiger partial charge >= 0.3 is 6.71 Å². The summed E-state index contributed by atoms with van der Waals surface area (Å²) in [4.78, 5) is 0. The van der Waals surface area contributed by atoms with Gasteiger partial charge in [0.2, 0.25) is 0 Å². The number of hydrogen-bond acceptors (Lipinski definition) is 0. The van der Waals surface area contributed by atoms with Crippen LogP contribution in [-0.4, -0.2) is 6.71 Å². The summed E-state index contributed by atoms with van der Waals surface area (Å²) >= 11 is 0. The molecule has 14 heavy (non-hydrogen) atoms. The predicted molar refractivity (Wildman–Crippen MR) is 60.2 cm³/mol. The lowest BCUT2D eigenvalue weighted by molar-refractivity contribution is 1.92. The minimum atomic E-state index is -0.428. The van der Waals surface area contributed by atoms with Crippen LogP contribution in [0.5, 0.6) is 0 Å². The first-order valence-electron chi connectivity index (χ1n) is 3.69. The molecular weight excluding hydrogens is 167 g/mol. The summed E-state index contributed by atoms with van der Waals surface area (Å²) in [6.45, 7) is 1.27. The monoisotopic (exact) mass is 172 g/mol. The fourth-order valence-electron chi connectivity index (χ4n) is 0.507. The molecule has 1 heteroatoms. The Morgan fingerprint density at radius 1 is 0.786 bits per heavy atom. The van der Waals surface area contributed by atoms with Gasteiger partial charge in [-0.2, -0.15) is 0 Å². The Kier molecular flexibility index (Phi) is 6.95. The fraction of sp³-hybridized carbons (Fsp3) is 0.0769. The van der Waals surface area contributed by atoms with Gasteiger partial charge in [0.25, 0.3) is 0 Å². The van der Waals surface area contributed by atoms with E-state index in [1.54, 1.807) is 6.92 Å². The van der Waals surface area contributed by atoms with Crippen LogP contribution in [0.3, 0.4) is 0 Å². The van der Waals surface area contributed by atoms with Crippen LogP contribution >= 0.6 is 0 Å². The molecule has 0 aliphatic heterocycles. The molecular formula is C13H5B. The lowest BCUT2D eigenvalue weighted by Crippen LogP contribution is -2.03. The van der Waals surface area contributed by atoms with E-state index in [9.17, 15) is 0 Å². The van der Waals surface area contributed by atoms with Crippen LogP contribution in [-0.2, 0) is 0 Å². The normalized spacial score (nSPS) is 4.50. The number of terminal acetylenes is 2. The molecule has 0 aromatic rings. The molecule has 0 rings (SSSR count). The zero-order valence-corrected chi connectivity index (χ0v) is 7.73. The molecule has 0 unspecified atom stereocenters. The highest BCUT2D eigenvalue weighted by Crippen LogP contribution is 1.74. The molecule has 0 heterocycles. The van der Waals surface area contributed by atoms with Crippen LogP contribution in [0.1, 0.15) is 6.92 Å². The SMILES string of the molecule is C#CC#CB(C#CC#C)C#CC#CC. The molecule has 0 saturated heterocycles. The van der Waals surface area contributed by atoms with Crippen LogP contribution in [0.2, 0.25) is 0 Å². The summed E-state index contributed by atoms with van der Waals surface area (Å²) in [7, 11) is 0. The second-order valence-electron chi connectivity index (χ2n) is 1.90. The summed E-state index contributed by atoms with van der Waals surface area (Å²) in [5.74, 6) is 25.1. The summed E-state index contributed by atoms with van der Waals surface area (Å²) < 4.78 is 0. The van der Waals surface area contributed by atoms with E-state index in [1.807, 2.05) is 0 Å². The maximum absolute atomic E-state index is 4.97. The Bertz CT molecular complexity index is 476. The van der Waals surface area contributed by atoms with Crippen molar-refractivity contribution in [3.8, 4) is 71.7 Å². The summed E-state index contributed by atoms with van der Waals surface area (Å²) in [5, 5.41) is 0. The zero-order valence-electron chi connectivity index (χ0n) is 7.73. The molecule has 0 bridgehead atoms. The molecule has 0 aliphatic carbocycles. The van der Waals surface area contributed by atoms with Crippen molar-refractivity contribution in [3.05, 3.63) is 0 Å². The summed E-state index contributed by atoms with van der Waals surface area (Å²) in [5.41, 5.74) is 0. The third-order valence-electron chi connectivity index (χ3n) is 0.981. The number of rotatable bonds is 0. The van der Waals surface area contributed by atoms with Crippen molar-refractivity contribution in [2.24, 2.45) is 0 Å². The van der Waals surface area contributed by atoms with Gasteiger partial charge in [0.1, 0.15) is 0 Å². The molecule has 0 atom stereocenters. The lowest BCUT2D eigenvalue weighted by Gasteiger charge is -1.78. The lowest BCUT2D eigenvalue weighted by atomic mass is 9.52. The van der Waals surface area contributed by atoms with Crippen molar-refractivity contribution in [2.45, 2.75) is 6.92 Å². The second-order valence-corrected chi connectivity index (χ2v) is 1.90. The highest BCUT2D eigenvalue weighted by molar-refractivity contribution is 6.82. The van der Waals surface area contributed by atoms with E-state index >= 15 is 0 Å². The average molecular weight is 172 g/mol. The van der Waals surface area contributed by atoms with Crippen molar-refractivity contribution in [2.75, 3.05) is 0 Å². The minimum Gasteiger partial charge on any atom is -0.106 e. The molecule has 0 N–H and O–H groups in total. The van der Waals surface area contributed by atoms with Gasteiger partial charge < -0.3 is 0 Å². The number of hydrogen-bond donors (Lipinski definition) is 0. The van der Waals surface area contributed by atoms with E-state index in [2.05, 4.69) is 58.9 Å². The topological polar surface area (TPSA) is 0 Å². The van der Waals surface area contributed by atoms with Crippen molar-refractivity contribution in [3.63, 3.8) is 0 Å². The van der Waals surface area contributed by atoms with Gasteiger partial charge in [-0.25, -0.2) is 0 Å². The first-order valence-corrected chi connectivity index (χ1v) is 3.69. The zero-order chi connectivity index (χ0) is 10.6. The van der Waals surface area contributed by atoms with Crippen LogP contribution in [0.15, 0.2) is 0 Å². The Morgan fingerprint density at radius 3 is 1.71 bits per heavy atom. The van der Waals surface area contributed by atoms with Gasteiger partial charge in [-0.1, -0.05) is 5.92 Å². The maximum atomic E-state index is 4.97. The van der Waals surface area contributed by atoms with E-state index in [4.69, 9.17) is 12.8 Å². The Morgan fingerprint density at radius 2 is 1.29 bits per heavy atom. The predicted octanol–water partition coefficient (Wildman–Crippen LogP) is 0.399. The van der Waals surface area contributed by atoms with Gasteiger partial charge in [-0.3, -0.25) is 0 Å². The van der Waals surface area contributed by atoms with Crippen molar-refractivity contribution in [1.82, 2.24) is 0 Å². The van der Waals surface area contributed by atoms with Gasteiger partial charge in [0, 0.05) is 0 Å². The standard InChI is InChI=1S/C13H5B/c1-4-7-10-13-14(11-8-5-2)12-9-6-3/h2-3H,1H3. The Balaban J connectivity index is 4.77. The van der Waals surface area contributed by atoms with Crippen molar-refractivity contribution in [1.29, 1.82) is 0 Å². The van der Waals surface area contributed by atoms with E-state index in [0.717, 1.165) is 0 Å². The van der Waals surface area contributed by atoms with Gasteiger partial charge in [0.05, 0.1) is 0 Å². The first kappa shape index (κ1) is 11.4. The van der Waals surface area contributed by atoms with Gasteiger partial charge in [-0.15, -0.1) is 30.3 Å². The molecule has 0 aromatic heterocycles. The fourth-order valence-corrected chi connectivity index (χ4v) is 0.507. The molecule has 0 fully saturated rings. The van der Waals surface area contributed by atoms with Crippen LogP contribution in [0.4, 0.5) is 0 Å². The molecule has 0 aliphatic rings. The Labute approximate surface area is 85.9 Å². The summed E-state index contributed by atoms with van der Waals surface area (Å²) in [6.07, 6.45) is 9.94. The molecule has 60 valence electrons. The average Bonchev–Trinajstić information content (AvgIpc) is 2.21. The van der Waals surface area contributed by atoms with Gasteiger partial charge in [-0.05, 0) is 42.4 Å². The van der Waals surface area contributed by atoms with Crippen molar-refractivity contribution >= 4 is 6.71 Å². The first-order chi connectivity index (χ1) is 6.85. The van der Waals surface area contributed by atoms with Gasteiger partial charge in [0.15, 0.2) is 0 Å². The third kappa shape index (κ3) is 6.16. The van der Waals surface area contributed by atoms with Crippen LogP contribution < -0.4 is 0 Å². The van der Waals surface area contributed by atoms with E-state index in [1.165, 1.54) is 0 Å². The van der Waals surface area contributed by atoms with Crippen LogP contribution in [0.25, 0.3) is 0 Å². The largest absolute Gasteiger partial charge is 0.398 e. The second kappa shape index (κ2) is 8.52. The molecule has 0 saturated carbocycles. The maximum Gasteiger partial charge on any atom is 0.398 e. The van der Waals surface area contributed by atoms with Crippen molar-refractivity contribution < 1.29 is 0 Å². The van der Waals surface area contributed by atoms with E-state index in [0.29, 0.717) is 0 Å². The highest BCUT2D eigenvalue weighted by Gasteiger charge is 2.00. The van der Waals surface area contributed by atoms with E-state index in [-0.39, 0.29) is 0 Å². The molecule has 0 nitrogen and oxygen atoms in total. The molecule has 0 amide bonds. The molecule has 0 radical (unpaired) electrons. The van der Waals surface area contributed by atoms with Crippen LogP contribution in [0, 0.1) is 71.7 Å². The summed E-state index contributed by atoms with van der Waals surface area (Å²) in [6, 6.07) is 0. The highest BCUT2D eigenvalue weighted by atomic mass is 13.6. The Hall–Kier alpha value is -2.58.